The van der Waals surface area contributed by atoms with Crippen LogP contribution in [-0.4, -0.2) is 9.38 Å². The van der Waals surface area contributed by atoms with Crippen molar-refractivity contribution in [3.63, 3.8) is 0 Å². The summed E-state index contributed by atoms with van der Waals surface area (Å²) < 4.78 is 7.43. The van der Waals surface area contributed by atoms with Crippen LogP contribution in [0.3, 0.4) is 0 Å². The first-order chi connectivity index (χ1) is 8.29. The minimum Gasteiger partial charge on any atom is -0.463 e. The zero-order chi connectivity index (χ0) is 11.8. The molecule has 0 unspecified atom stereocenters. The summed E-state index contributed by atoms with van der Waals surface area (Å²) in [5, 5.41) is 0. The molecule has 17 heavy (non-hydrogen) atoms. The average molecular weight is 227 g/mol. The molecule has 0 radical (unpaired) electrons. The van der Waals surface area contributed by atoms with E-state index in [1.54, 1.807) is 6.26 Å². The third-order valence-electron chi connectivity index (χ3n) is 2.91. The average Bonchev–Trinajstić information content (AvgIpc) is 2.97. The summed E-state index contributed by atoms with van der Waals surface area (Å²) in [5.41, 5.74) is 9.57. The Bertz CT molecular complexity index is 653. The fourth-order valence-corrected chi connectivity index (χ4v) is 1.97. The van der Waals surface area contributed by atoms with Crippen molar-refractivity contribution in [2.75, 3.05) is 0 Å². The van der Waals surface area contributed by atoms with Crippen LogP contribution in [0.2, 0.25) is 0 Å². The molecule has 0 bridgehead atoms. The smallest absolute Gasteiger partial charge is 0.154 e. The molecule has 0 aliphatic carbocycles. The first kappa shape index (κ1) is 10.1. The van der Waals surface area contributed by atoms with Gasteiger partial charge in [-0.3, -0.25) is 0 Å². The van der Waals surface area contributed by atoms with Crippen molar-refractivity contribution in [3.8, 4) is 11.5 Å². The van der Waals surface area contributed by atoms with Gasteiger partial charge in [0, 0.05) is 12.7 Å². The number of aryl methyl sites for hydroxylation is 1. The Labute approximate surface area is 98.7 Å². The first-order valence-corrected chi connectivity index (χ1v) is 5.51. The fourth-order valence-electron chi connectivity index (χ4n) is 1.97. The third-order valence-corrected chi connectivity index (χ3v) is 2.91. The molecule has 0 amide bonds. The van der Waals surface area contributed by atoms with Gasteiger partial charge >= 0.3 is 0 Å². The molecule has 0 aliphatic rings. The summed E-state index contributed by atoms with van der Waals surface area (Å²) in [6, 6.07) is 7.75. The maximum Gasteiger partial charge on any atom is 0.154 e. The van der Waals surface area contributed by atoms with Crippen LogP contribution in [0.5, 0.6) is 0 Å². The highest BCUT2D eigenvalue weighted by atomic mass is 16.3. The van der Waals surface area contributed by atoms with E-state index in [0.717, 1.165) is 28.4 Å². The topological polar surface area (TPSA) is 56.5 Å². The second-order valence-electron chi connectivity index (χ2n) is 3.99. The highest BCUT2D eigenvalue weighted by Gasteiger charge is 2.12. The summed E-state index contributed by atoms with van der Waals surface area (Å²) in [7, 11) is 0. The van der Waals surface area contributed by atoms with Crippen LogP contribution < -0.4 is 5.73 Å². The highest BCUT2D eigenvalue weighted by Crippen LogP contribution is 2.24. The van der Waals surface area contributed by atoms with E-state index in [0.29, 0.717) is 6.54 Å². The molecule has 3 aromatic rings. The van der Waals surface area contributed by atoms with Gasteiger partial charge in [0.2, 0.25) is 0 Å². The van der Waals surface area contributed by atoms with Crippen LogP contribution in [0.15, 0.2) is 41.1 Å². The molecule has 4 nitrogen and oxygen atoms in total. The van der Waals surface area contributed by atoms with Crippen molar-refractivity contribution >= 4 is 5.65 Å². The molecule has 3 aromatic heterocycles. The Kier molecular flexibility index (Phi) is 2.23. The lowest BCUT2D eigenvalue weighted by Gasteiger charge is -2.00. The number of nitrogens with zero attached hydrogens (tertiary/aromatic N) is 2. The number of pyridine rings is 1. The second kappa shape index (κ2) is 3.75. The largest absolute Gasteiger partial charge is 0.463 e. The molecule has 2 N–H and O–H groups in total. The van der Waals surface area contributed by atoms with Crippen LogP contribution in [0.25, 0.3) is 17.1 Å². The van der Waals surface area contributed by atoms with E-state index in [1.807, 2.05) is 41.8 Å². The molecule has 0 aliphatic heterocycles. The molecule has 0 spiro atoms. The van der Waals surface area contributed by atoms with E-state index < -0.39 is 0 Å². The van der Waals surface area contributed by atoms with Crippen LogP contribution >= 0.6 is 0 Å². The van der Waals surface area contributed by atoms with E-state index in [1.165, 1.54) is 0 Å². The van der Waals surface area contributed by atoms with Crippen molar-refractivity contribution in [1.82, 2.24) is 9.38 Å². The van der Waals surface area contributed by atoms with Gasteiger partial charge < -0.3 is 14.6 Å². The van der Waals surface area contributed by atoms with Gasteiger partial charge in [-0.2, -0.15) is 0 Å². The Morgan fingerprint density at radius 3 is 2.94 bits per heavy atom. The second-order valence-corrected chi connectivity index (χ2v) is 3.99. The maximum atomic E-state index is 5.64. The van der Waals surface area contributed by atoms with E-state index >= 15 is 0 Å². The van der Waals surface area contributed by atoms with Gasteiger partial charge in [0.15, 0.2) is 5.76 Å². The van der Waals surface area contributed by atoms with E-state index in [2.05, 4.69) is 4.98 Å². The maximum absolute atomic E-state index is 5.64. The standard InChI is InChI=1S/C13H13N3O/c1-9-13(11-3-2-6-17-11)15-12-5-4-10(7-14)8-16(9)12/h2-6,8H,7,14H2,1H3. The highest BCUT2D eigenvalue weighted by molar-refractivity contribution is 5.61. The lowest BCUT2D eigenvalue weighted by Crippen LogP contribution is -1.98. The minimum atomic E-state index is 0.531. The molecular formula is C13H13N3O. The van der Waals surface area contributed by atoms with E-state index in [-0.39, 0.29) is 0 Å². The molecule has 0 atom stereocenters. The van der Waals surface area contributed by atoms with Crippen LogP contribution in [0.1, 0.15) is 11.3 Å². The molecule has 0 saturated carbocycles. The van der Waals surface area contributed by atoms with E-state index in [9.17, 15) is 0 Å². The van der Waals surface area contributed by atoms with Crippen molar-refractivity contribution in [1.29, 1.82) is 0 Å². The predicted octanol–water partition coefficient (Wildman–Crippen LogP) is 2.36. The van der Waals surface area contributed by atoms with Crippen LogP contribution in [0.4, 0.5) is 0 Å². The summed E-state index contributed by atoms with van der Waals surface area (Å²) in [4.78, 5) is 4.56. The van der Waals surface area contributed by atoms with Gasteiger partial charge in [-0.25, -0.2) is 4.98 Å². The lowest BCUT2D eigenvalue weighted by atomic mass is 10.2. The van der Waals surface area contributed by atoms with Crippen LogP contribution in [0, 0.1) is 6.92 Å². The Hall–Kier alpha value is -2.07. The zero-order valence-electron chi connectivity index (χ0n) is 9.55. The SMILES string of the molecule is Cc1c(-c2ccco2)nc2ccc(CN)cn12. The van der Waals surface area contributed by atoms with Crippen molar-refractivity contribution in [2.45, 2.75) is 13.5 Å². The number of hydrogen-bond acceptors (Lipinski definition) is 3. The third kappa shape index (κ3) is 1.54. The normalized spacial score (nSPS) is 11.2. The van der Waals surface area contributed by atoms with Gasteiger partial charge in [0.05, 0.1) is 12.0 Å². The minimum absolute atomic E-state index is 0.531. The summed E-state index contributed by atoms with van der Waals surface area (Å²) in [6.07, 6.45) is 3.67. The number of hydrogen-bond donors (Lipinski definition) is 1. The quantitative estimate of drug-likeness (QED) is 0.731. The fraction of sp³-hybridized carbons (Fsp3) is 0.154. The van der Waals surface area contributed by atoms with Gasteiger partial charge in [0.1, 0.15) is 11.3 Å². The van der Waals surface area contributed by atoms with E-state index in [4.69, 9.17) is 10.2 Å². The molecule has 0 aromatic carbocycles. The Morgan fingerprint density at radius 2 is 2.24 bits per heavy atom. The number of furan rings is 1. The summed E-state index contributed by atoms with van der Waals surface area (Å²) >= 11 is 0. The molecule has 3 heterocycles. The molecular weight excluding hydrogens is 214 g/mol. The van der Waals surface area contributed by atoms with Gasteiger partial charge in [0.25, 0.3) is 0 Å². The monoisotopic (exact) mass is 227 g/mol. The van der Waals surface area contributed by atoms with Gasteiger partial charge in [-0.05, 0) is 30.7 Å². The van der Waals surface area contributed by atoms with Crippen molar-refractivity contribution < 1.29 is 4.42 Å². The molecule has 3 rings (SSSR count). The van der Waals surface area contributed by atoms with Crippen LogP contribution in [-0.2, 0) is 6.54 Å². The first-order valence-electron chi connectivity index (χ1n) is 5.51. The number of nitrogens with two attached hydrogens (primary N) is 1. The molecule has 0 saturated heterocycles. The Balaban J connectivity index is 2.25. The predicted molar refractivity (Wildman–Crippen MR) is 65.5 cm³/mol. The number of imidazole rings is 1. The lowest BCUT2D eigenvalue weighted by molar-refractivity contribution is 0.580. The zero-order valence-corrected chi connectivity index (χ0v) is 9.55. The summed E-state index contributed by atoms with van der Waals surface area (Å²) in [6.45, 7) is 2.56. The number of rotatable bonds is 2. The van der Waals surface area contributed by atoms with Crippen molar-refractivity contribution in [2.24, 2.45) is 5.73 Å². The van der Waals surface area contributed by atoms with Crippen molar-refractivity contribution in [3.05, 3.63) is 48.0 Å². The van der Waals surface area contributed by atoms with Gasteiger partial charge in [-0.1, -0.05) is 6.07 Å². The summed E-state index contributed by atoms with van der Waals surface area (Å²) in [5.74, 6) is 0.792. The molecule has 4 heteroatoms. The molecule has 0 fully saturated rings. The number of aromatic nitrogens is 2. The number of fused-ring (bicyclic) bond motifs is 1. The molecule has 86 valence electrons. The van der Waals surface area contributed by atoms with Gasteiger partial charge in [-0.15, -0.1) is 0 Å². The Morgan fingerprint density at radius 1 is 1.35 bits per heavy atom.